The first kappa shape index (κ1) is 12.5. The molecule has 0 aliphatic carbocycles. The van der Waals surface area contributed by atoms with Crippen LogP contribution in [-0.4, -0.2) is 35.5 Å². The molecule has 1 saturated heterocycles. The van der Waals surface area contributed by atoms with Crippen molar-refractivity contribution in [1.82, 2.24) is 10.2 Å². The highest BCUT2D eigenvalue weighted by Crippen LogP contribution is 2.25. The summed E-state index contributed by atoms with van der Waals surface area (Å²) in [7, 11) is 0. The normalized spacial score (nSPS) is 22.9. The van der Waals surface area contributed by atoms with Crippen molar-refractivity contribution in [1.29, 1.82) is 0 Å². The van der Waals surface area contributed by atoms with E-state index in [1.807, 2.05) is 11.0 Å². The molecule has 2 N–H and O–H groups in total. The molecule has 1 aromatic carbocycles. The van der Waals surface area contributed by atoms with Gasteiger partial charge < -0.3 is 15.3 Å². The average Bonchev–Trinajstić information content (AvgIpc) is 2.46. The summed E-state index contributed by atoms with van der Waals surface area (Å²) in [6.07, 6.45) is 2.97. The molecule has 1 amide bonds. The van der Waals surface area contributed by atoms with Crippen LogP contribution in [0.5, 0.6) is 5.75 Å². The summed E-state index contributed by atoms with van der Waals surface area (Å²) in [5, 5.41) is 12.8. The highest BCUT2D eigenvalue weighted by molar-refractivity contribution is 5.79. The number of hydrogen-bond donors (Lipinski definition) is 2. The summed E-state index contributed by atoms with van der Waals surface area (Å²) in [6, 6.07) is 5.48. The fraction of sp³-hybridized carbons (Fsp3) is 0.533. The van der Waals surface area contributed by atoms with Crippen LogP contribution in [0.3, 0.4) is 0 Å². The fourth-order valence-corrected chi connectivity index (χ4v) is 3.05. The molecule has 3 rings (SSSR count). The highest BCUT2D eigenvalue weighted by Gasteiger charge is 2.28. The van der Waals surface area contributed by atoms with Crippen molar-refractivity contribution in [2.24, 2.45) is 5.92 Å². The number of phenolic OH excluding ortho intramolecular Hbond substituents is 1. The van der Waals surface area contributed by atoms with E-state index >= 15 is 0 Å². The Morgan fingerprint density at radius 2 is 2.26 bits per heavy atom. The van der Waals surface area contributed by atoms with Gasteiger partial charge in [0.15, 0.2) is 0 Å². The Labute approximate surface area is 113 Å². The Morgan fingerprint density at radius 1 is 1.37 bits per heavy atom. The van der Waals surface area contributed by atoms with Crippen LogP contribution in [0.4, 0.5) is 0 Å². The predicted molar refractivity (Wildman–Crippen MR) is 72.8 cm³/mol. The van der Waals surface area contributed by atoms with Gasteiger partial charge in [0.1, 0.15) is 5.75 Å². The van der Waals surface area contributed by atoms with Gasteiger partial charge >= 0.3 is 0 Å². The van der Waals surface area contributed by atoms with E-state index in [0.717, 1.165) is 44.5 Å². The Bertz CT molecular complexity index is 481. The fourth-order valence-electron chi connectivity index (χ4n) is 3.05. The minimum Gasteiger partial charge on any atom is -0.508 e. The minimum absolute atomic E-state index is 0.132. The molecular formula is C15H20N2O2. The molecule has 1 aromatic rings. The lowest BCUT2D eigenvalue weighted by atomic mass is 9.95. The number of carbonyl (C=O) groups is 1. The lowest BCUT2D eigenvalue weighted by Crippen LogP contribution is -2.44. The number of rotatable bonds is 1. The molecule has 2 aliphatic heterocycles. The summed E-state index contributed by atoms with van der Waals surface area (Å²) < 4.78 is 0. The molecule has 19 heavy (non-hydrogen) atoms. The summed E-state index contributed by atoms with van der Waals surface area (Å²) in [5.41, 5.74) is 2.34. The first-order valence-electron chi connectivity index (χ1n) is 7.04. The van der Waals surface area contributed by atoms with Crippen molar-refractivity contribution in [3.8, 4) is 5.75 Å². The maximum absolute atomic E-state index is 12.5. The molecule has 4 heteroatoms. The van der Waals surface area contributed by atoms with Crippen LogP contribution in [0.2, 0.25) is 0 Å². The second-order valence-corrected chi connectivity index (χ2v) is 5.51. The number of carbonyl (C=O) groups excluding carboxylic acids is 1. The molecule has 102 valence electrons. The molecule has 0 saturated carbocycles. The minimum atomic E-state index is 0.132. The van der Waals surface area contributed by atoms with Gasteiger partial charge in [0.05, 0.1) is 5.92 Å². The van der Waals surface area contributed by atoms with Crippen LogP contribution in [0, 0.1) is 5.92 Å². The van der Waals surface area contributed by atoms with Crippen LogP contribution in [-0.2, 0) is 17.8 Å². The van der Waals surface area contributed by atoms with Crippen molar-refractivity contribution in [2.45, 2.75) is 25.8 Å². The highest BCUT2D eigenvalue weighted by atomic mass is 16.3. The Kier molecular flexibility index (Phi) is 3.42. The van der Waals surface area contributed by atoms with Crippen LogP contribution in [0.1, 0.15) is 24.0 Å². The number of fused-ring (bicyclic) bond motifs is 1. The third-order valence-electron chi connectivity index (χ3n) is 4.16. The Hall–Kier alpha value is -1.55. The Balaban J connectivity index is 1.72. The predicted octanol–water partition coefficient (Wildman–Crippen LogP) is 1.28. The second kappa shape index (κ2) is 5.21. The van der Waals surface area contributed by atoms with E-state index in [-0.39, 0.29) is 17.6 Å². The monoisotopic (exact) mass is 260 g/mol. The number of benzene rings is 1. The van der Waals surface area contributed by atoms with Crippen LogP contribution >= 0.6 is 0 Å². The molecule has 0 bridgehead atoms. The van der Waals surface area contributed by atoms with E-state index in [4.69, 9.17) is 0 Å². The molecule has 4 nitrogen and oxygen atoms in total. The van der Waals surface area contributed by atoms with Gasteiger partial charge in [-0.25, -0.2) is 0 Å². The Morgan fingerprint density at radius 3 is 3.05 bits per heavy atom. The number of nitrogens with zero attached hydrogens (tertiary/aromatic N) is 1. The van der Waals surface area contributed by atoms with Crippen molar-refractivity contribution in [2.75, 3.05) is 19.6 Å². The van der Waals surface area contributed by atoms with Gasteiger partial charge in [-0.05, 0) is 49.1 Å². The molecule has 0 spiro atoms. The summed E-state index contributed by atoms with van der Waals surface area (Å²) in [6.45, 7) is 3.27. The molecule has 0 aromatic heterocycles. The van der Waals surface area contributed by atoms with Crippen LogP contribution in [0.15, 0.2) is 18.2 Å². The van der Waals surface area contributed by atoms with Crippen LogP contribution < -0.4 is 5.32 Å². The van der Waals surface area contributed by atoms with E-state index in [2.05, 4.69) is 5.32 Å². The zero-order valence-electron chi connectivity index (χ0n) is 11.1. The van der Waals surface area contributed by atoms with E-state index in [1.165, 1.54) is 5.56 Å². The van der Waals surface area contributed by atoms with Gasteiger partial charge in [-0.2, -0.15) is 0 Å². The molecule has 1 atom stereocenters. The molecule has 2 aliphatic rings. The molecular weight excluding hydrogens is 240 g/mol. The van der Waals surface area contributed by atoms with Gasteiger partial charge in [0.2, 0.25) is 5.91 Å². The third kappa shape index (κ3) is 2.59. The molecule has 2 heterocycles. The number of aromatic hydroxyl groups is 1. The molecule has 1 fully saturated rings. The van der Waals surface area contributed by atoms with Crippen molar-refractivity contribution >= 4 is 5.91 Å². The quantitative estimate of drug-likeness (QED) is 0.799. The third-order valence-corrected chi connectivity index (χ3v) is 4.16. The first-order valence-corrected chi connectivity index (χ1v) is 7.04. The zero-order chi connectivity index (χ0) is 13.2. The lowest BCUT2D eigenvalue weighted by molar-refractivity contribution is -0.137. The molecule has 0 radical (unpaired) electrons. The average molecular weight is 260 g/mol. The van der Waals surface area contributed by atoms with E-state index in [9.17, 15) is 9.90 Å². The van der Waals surface area contributed by atoms with E-state index in [0.29, 0.717) is 6.54 Å². The topological polar surface area (TPSA) is 52.6 Å². The second-order valence-electron chi connectivity index (χ2n) is 5.51. The number of piperidine rings is 1. The number of phenols is 1. The van der Waals surface area contributed by atoms with Crippen LogP contribution in [0.25, 0.3) is 0 Å². The summed E-state index contributed by atoms with van der Waals surface area (Å²) >= 11 is 0. The largest absolute Gasteiger partial charge is 0.508 e. The maximum Gasteiger partial charge on any atom is 0.227 e. The number of nitrogens with one attached hydrogen (secondary N) is 1. The van der Waals surface area contributed by atoms with Crippen molar-refractivity contribution in [3.63, 3.8) is 0 Å². The zero-order valence-corrected chi connectivity index (χ0v) is 11.1. The summed E-state index contributed by atoms with van der Waals surface area (Å²) in [5.74, 6) is 0.682. The van der Waals surface area contributed by atoms with Gasteiger partial charge in [0, 0.05) is 19.6 Å². The van der Waals surface area contributed by atoms with E-state index in [1.54, 1.807) is 12.1 Å². The summed E-state index contributed by atoms with van der Waals surface area (Å²) in [4.78, 5) is 14.4. The van der Waals surface area contributed by atoms with Crippen molar-refractivity contribution in [3.05, 3.63) is 29.3 Å². The SMILES string of the molecule is O=C([C@@H]1CCCNC1)N1CCc2ccc(O)cc2C1. The van der Waals surface area contributed by atoms with Gasteiger partial charge in [-0.1, -0.05) is 6.07 Å². The lowest BCUT2D eigenvalue weighted by Gasteiger charge is -2.33. The number of amides is 1. The molecule has 0 unspecified atom stereocenters. The van der Waals surface area contributed by atoms with Crippen molar-refractivity contribution < 1.29 is 9.90 Å². The van der Waals surface area contributed by atoms with Gasteiger partial charge in [0.25, 0.3) is 0 Å². The van der Waals surface area contributed by atoms with Gasteiger partial charge in [-0.3, -0.25) is 4.79 Å². The standard InChI is InChI=1S/C15H20N2O2/c18-14-4-3-11-5-7-17(10-13(11)8-14)15(19)12-2-1-6-16-9-12/h3-4,8,12,16,18H,1-2,5-7,9-10H2/t12-/m1/s1. The maximum atomic E-state index is 12.5. The van der Waals surface area contributed by atoms with Gasteiger partial charge in [-0.15, -0.1) is 0 Å². The smallest absolute Gasteiger partial charge is 0.227 e. The van der Waals surface area contributed by atoms with E-state index < -0.39 is 0 Å². The first-order chi connectivity index (χ1) is 9.24. The number of hydrogen-bond acceptors (Lipinski definition) is 3.